The van der Waals surface area contributed by atoms with Gasteiger partial charge in [0, 0.05) is 12.5 Å². The molecule has 0 fully saturated rings. The van der Waals surface area contributed by atoms with Gasteiger partial charge in [-0.1, -0.05) is 30.3 Å². The maximum Gasteiger partial charge on any atom is 0.122 e. The minimum atomic E-state index is 0.537. The monoisotopic (exact) mass is 323 g/mol. The Labute approximate surface area is 144 Å². The first kappa shape index (κ1) is 18.0. The van der Waals surface area contributed by atoms with Gasteiger partial charge in [-0.25, -0.2) is 4.79 Å². The number of hydrogen-bond donors (Lipinski definition) is 1. The van der Waals surface area contributed by atoms with Crippen LogP contribution in [0.25, 0.3) is 11.1 Å². The van der Waals surface area contributed by atoms with E-state index >= 15 is 0 Å². The van der Waals surface area contributed by atoms with Crippen LogP contribution >= 0.6 is 0 Å². The summed E-state index contributed by atoms with van der Waals surface area (Å²) in [7, 11) is 1.95. The number of nitrogens with one attached hydrogen (secondary N) is 1. The molecule has 0 aliphatic carbocycles. The summed E-state index contributed by atoms with van der Waals surface area (Å²) in [4.78, 5) is 10.6. The molecule has 24 heavy (non-hydrogen) atoms. The number of allylic oxidation sites excluding steroid dienone is 1. The summed E-state index contributed by atoms with van der Waals surface area (Å²) in [6, 6.07) is 14.5. The van der Waals surface area contributed by atoms with Crippen molar-refractivity contribution in [2.24, 2.45) is 0 Å². The quantitative estimate of drug-likeness (QED) is 0.560. The largest absolute Gasteiger partial charge is 0.493 e. The van der Waals surface area contributed by atoms with Crippen molar-refractivity contribution in [3.63, 3.8) is 0 Å². The van der Waals surface area contributed by atoms with E-state index in [-0.39, 0.29) is 0 Å². The van der Waals surface area contributed by atoms with Crippen LogP contribution in [0, 0.1) is 6.92 Å². The summed E-state index contributed by atoms with van der Waals surface area (Å²) < 4.78 is 5.92. The van der Waals surface area contributed by atoms with Gasteiger partial charge in [0.1, 0.15) is 11.7 Å². The molecule has 3 heteroatoms. The Morgan fingerprint density at radius 2 is 2.00 bits per heavy atom. The lowest BCUT2D eigenvalue weighted by Gasteiger charge is -2.13. The Morgan fingerprint density at radius 3 is 2.75 bits per heavy atom. The Kier molecular flexibility index (Phi) is 7.28. The molecule has 126 valence electrons. The Morgan fingerprint density at radius 1 is 1.17 bits per heavy atom. The van der Waals surface area contributed by atoms with E-state index in [1.165, 1.54) is 17.2 Å². The number of carbonyl (C=O) groups excluding carboxylic acids is 1. The van der Waals surface area contributed by atoms with Crippen LogP contribution in [0.5, 0.6) is 5.75 Å². The number of benzene rings is 2. The SMILES string of the molecule is CNCCCCOc1ccc(-c2ccccc2C)cc1CC=C=O. The highest BCUT2D eigenvalue weighted by Gasteiger charge is 2.07. The van der Waals surface area contributed by atoms with Crippen LogP contribution in [0.15, 0.2) is 48.5 Å². The fourth-order valence-corrected chi connectivity index (χ4v) is 2.68. The second-order valence-electron chi connectivity index (χ2n) is 5.82. The van der Waals surface area contributed by atoms with Crippen LogP contribution in [0.1, 0.15) is 24.0 Å². The van der Waals surface area contributed by atoms with E-state index in [9.17, 15) is 4.79 Å². The number of unbranched alkanes of at least 4 members (excludes halogenated alkanes) is 1. The summed E-state index contributed by atoms with van der Waals surface area (Å²) in [6.45, 7) is 3.78. The van der Waals surface area contributed by atoms with Gasteiger partial charge in [0.15, 0.2) is 0 Å². The van der Waals surface area contributed by atoms with Gasteiger partial charge in [0.25, 0.3) is 0 Å². The van der Waals surface area contributed by atoms with Crippen molar-refractivity contribution in [2.45, 2.75) is 26.2 Å². The van der Waals surface area contributed by atoms with Gasteiger partial charge in [0.2, 0.25) is 0 Å². The molecule has 0 atom stereocenters. The van der Waals surface area contributed by atoms with Crippen LogP contribution in [0.4, 0.5) is 0 Å². The summed E-state index contributed by atoms with van der Waals surface area (Å²) in [5, 5.41) is 3.13. The maximum absolute atomic E-state index is 10.6. The predicted molar refractivity (Wildman–Crippen MR) is 99.2 cm³/mol. The predicted octanol–water partition coefficient (Wildman–Crippen LogP) is 3.97. The minimum absolute atomic E-state index is 0.537. The van der Waals surface area contributed by atoms with Crippen LogP contribution in [0.2, 0.25) is 0 Å². The van der Waals surface area contributed by atoms with Gasteiger partial charge in [-0.3, -0.25) is 0 Å². The first-order valence-corrected chi connectivity index (χ1v) is 8.42. The third-order valence-electron chi connectivity index (χ3n) is 4.00. The summed E-state index contributed by atoms with van der Waals surface area (Å²) in [5.74, 6) is 2.71. The Balaban J connectivity index is 2.18. The zero-order valence-electron chi connectivity index (χ0n) is 14.5. The van der Waals surface area contributed by atoms with E-state index in [4.69, 9.17) is 4.74 Å². The molecule has 0 aliphatic rings. The molecule has 0 aromatic heterocycles. The standard InChI is InChI=1S/C21H25NO2/c1-17-8-3-4-10-20(17)18-11-12-21(19(16-18)9-7-14-23)24-15-6-5-13-22-2/h3-4,7-8,10-12,16,22H,5-6,9,13,15H2,1-2H3. The highest BCUT2D eigenvalue weighted by atomic mass is 16.5. The molecule has 2 aromatic rings. The summed E-state index contributed by atoms with van der Waals surface area (Å²) in [5.41, 5.74) is 4.60. The van der Waals surface area contributed by atoms with Crippen molar-refractivity contribution in [1.29, 1.82) is 0 Å². The summed E-state index contributed by atoms with van der Waals surface area (Å²) in [6.07, 6.45) is 4.13. The van der Waals surface area contributed by atoms with Crippen molar-refractivity contribution in [1.82, 2.24) is 5.32 Å². The van der Waals surface area contributed by atoms with Gasteiger partial charge in [-0.15, -0.1) is 0 Å². The fraction of sp³-hybridized carbons (Fsp3) is 0.333. The highest BCUT2D eigenvalue weighted by Crippen LogP contribution is 2.29. The Hall–Kier alpha value is -2.35. The van der Waals surface area contributed by atoms with Crippen molar-refractivity contribution in [2.75, 3.05) is 20.2 Å². The second kappa shape index (κ2) is 9.71. The molecular weight excluding hydrogens is 298 g/mol. The molecule has 0 amide bonds. The van der Waals surface area contributed by atoms with Gasteiger partial charge in [-0.2, -0.15) is 0 Å². The van der Waals surface area contributed by atoms with E-state index < -0.39 is 0 Å². The third kappa shape index (κ3) is 5.09. The van der Waals surface area contributed by atoms with Gasteiger partial charge in [0.05, 0.1) is 6.61 Å². The summed E-state index contributed by atoms with van der Waals surface area (Å²) >= 11 is 0. The zero-order chi connectivity index (χ0) is 17.2. The molecule has 3 nitrogen and oxygen atoms in total. The average Bonchev–Trinajstić information content (AvgIpc) is 2.61. The first-order valence-electron chi connectivity index (χ1n) is 8.42. The van der Waals surface area contributed by atoms with E-state index in [0.717, 1.165) is 36.3 Å². The molecule has 2 aromatic carbocycles. The molecule has 0 unspecified atom stereocenters. The molecule has 0 aliphatic heterocycles. The van der Waals surface area contributed by atoms with Crippen LogP contribution in [-0.2, 0) is 11.2 Å². The molecule has 0 spiro atoms. The molecule has 1 N–H and O–H groups in total. The molecular formula is C21H25NO2. The first-order chi connectivity index (χ1) is 11.8. The van der Waals surface area contributed by atoms with Gasteiger partial charge >= 0.3 is 0 Å². The number of ether oxygens (including phenoxy) is 1. The smallest absolute Gasteiger partial charge is 0.122 e. The normalized spacial score (nSPS) is 10.2. The molecule has 0 radical (unpaired) electrons. The lowest BCUT2D eigenvalue weighted by Crippen LogP contribution is -2.09. The number of hydrogen-bond acceptors (Lipinski definition) is 3. The maximum atomic E-state index is 10.6. The Bertz CT molecular complexity index is 703. The lowest BCUT2D eigenvalue weighted by molar-refractivity contribution is 0.304. The van der Waals surface area contributed by atoms with Crippen LogP contribution < -0.4 is 10.1 Å². The van der Waals surface area contributed by atoms with Crippen LogP contribution in [0.3, 0.4) is 0 Å². The average molecular weight is 323 g/mol. The molecule has 0 bridgehead atoms. The van der Waals surface area contributed by atoms with Gasteiger partial charge < -0.3 is 10.1 Å². The zero-order valence-corrected chi connectivity index (χ0v) is 14.5. The topological polar surface area (TPSA) is 38.3 Å². The van der Waals surface area contributed by atoms with Crippen molar-refractivity contribution < 1.29 is 9.53 Å². The number of aryl methyl sites for hydroxylation is 1. The lowest BCUT2D eigenvalue weighted by atomic mass is 9.97. The van der Waals surface area contributed by atoms with Crippen molar-refractivity contribution in [3.8, 4) is 16.9 Å². The fourth-order valence-electron chi connectivity index (χ4n) is 2.68. The van der Waals surface area contributed by atoms with E-state index in [2.05, 4.69) is 36.5 Å². The third-order valence-corrected chi connectivity index (χ3v) is 4.00. The van der Waals surface area contributed by atoms with Crippen molar-refractivity contribution >= 4 is 5.94 Å². The van der Waals surface area contributed by atoms with E-state index in [1.54, 1.807) is 0 Å². The van der Waals surface area contributed by atoms with Crippen molar-refractivity contribution in [3.05, 3.63) is 59.7 Å². The molecule has 0 saturated carbocycles. The minimum Gasteiger partial charge on any atom is -0.493 e. The van der Waals surface area contributed by atoms with Crippen LogP contribution in [-0.4, -0.2) is 26.1 Å². The highest BCUT2D eigenvalue weighted by molar-refractivity contribution is 5.69. The van der Waals surface area contributed by atoms with Gasteiger partial charge in [-0.05, 0) is 67.7 Å². The molecule has 0 heterocycles. The van der Waals surface area contributed by atoms with E-state index in [1.807, 2.05) is 31.2 Å². The second-order valence-corrected chi connectivity index (χ2v) is 5.82. The molecule has 0 saturated heterocycles. The molecule has 2 rings (SSSR count). The number of rotatable bonds is 9. The van der Waals surface area contributed by atoms with E-state index in [0.29, 0.717) is 13.0 Å².